The van der Waals surface area contributed by atoms with Gasteiger partial charge in [-0.05, 0) is 26.2 Å². The zero-order valence-electron chi connectivity index (χ0n) is 9.27. The molecule has 3 nitrogen and oxygen atoms in total. The van der Waals surface area contributed by atoms with Gasteiger partial charge in [0.05, 0.1) is 10.6 Å². The van der Waals surface area contributed by atoms with Gasteiger partial charge in [0, 0.05) is 6.54 Å². The zero-order valence-corrected chi connectivity index (χ0v) is 10.8. The minimum absolute atomic E-state index is 0. The number of halogens is 2. The highest BCUT2D eigenvalue weighted by atomic mass is 35.5. The van der Waals surface area contributed by atoms with Crippen LogP contribution in [0.1, 0.15) is 10.4 Å². The van der Waals surface area contributed by atoms with Gasteiger partial charge in [-0.2, -0.15) is 0 Å². The molecule has 0 aromatic heterocycles. The first kappa shape index (κ1) is 15.2. The molecule has 0 spiro atoms. The molecule has 0 amide bonds. The van der Waals surface area contributed by atoms with Crippen LogP contribution in [0.2, 0.25) is 5.02 Å². The molecule has 0 bridgehead atoms. The van der Waals surface area contributed by atoms with Gasteiger partial charge in [-0.3, -0.25) is 0 Å². The topological polar surface area (TPSA) is 29.5 Å². The smallest absolute Gasteiger partial charge is 0.339 e. The minimum Gasteiger partial charge on any atom is -0.461 e. The predicted octanol–water partition coefficient (Wildman–Crippen LogP) is 2.48. The standard InChI is InChI=1S/C11H14ClNO2.ClH/c1-13(2)7-8-15-11(14)9-5-3-4-6-10(9)12;/h3-6H,7-8H2,1-2H3;1H. The number of carbonyl (C=O) groups excluding carboxylic acids is 1. The van der Waals surface area contributed by atoms with Gasteiger partial charge < -0.3 is 9.64 Å². The molecular formula is C11H15Cl2NO2. The highest BCUT2D eigenvalue weighted by Gasteiger charge is 2.10. The summed E-state index contributed by atoms with van der Waals surface area (Å²) in [6.45, 7) is 1.08. The molecule has 0 radical (unpaired) electrons. The molecule has 0 aliphatic heterocycles. The fourth-order valence-corrected chi connectivity index (χ4v) is 1.24. The molecule has 0 fully saturated rings. The molecule has 90 valence electrons. The average molecular weight is 264 g/mol. The summed E-state index contributed by atoms with van der Waals surface area (Å²) in [5.74, 6) is -0.373. The van der Waals surface area contributed by atoms with Gasteiger partial charge in [-0.25, -0.2) is 4.79 Å². The van der Waals surface area contributed by atoms with E-state index in [0.717, 1.165) is 0 Å². The van der Waals surface area contributed by atoms with Crippen molar-refractivity contribution in [1.82, 2.24) is 4.90 Å². The molecule has 1 aromatic carbocycles. The van der Waals surface area contributed by atoms with Crippen molar-refractivity contribution in [3.05, 3.63) is 34.9 Å². The van der Waals surface area contributed by atoms with E-state index in [0.29, 0.717) is 23.7 Å². The van der Waals surface area contributed by atoms with E-state index in [1.165, 1.54) is 0 Å². The molecule has 0 saturated carbocycles. The van der Waals surface area contributed by atoms with Gasteiger partial charge in [0.1, 0.15) is 6.61 Å². The van der Waals surface area contributed by atoms with Crippen molar-refractivity contribution in [1.29, 1.82) is 0 Å². The Bertz CT molecular complexity index is 343. The van der Waals surface area contributed by atoms with Crippen molar-refractivity contribution in [3.8, 4) is 0 Å². The molecule has 0 heterocycles. The SMILES string of the molecule is CN(C)CCOC(=O)c1ccccc1Cl.Cl. The van der Waals surface area contributed by atoms with Crippen molar-refractivity contribution in [3.63, 3.8) is 0 Å². The maximum Gasteiger partial charge on any atom is 0.339 e. The van der Waals surface area contributed by atoms with Crippen LogP contribution in [0, 0.1) is 0 Å². The molecule has 0 aliphatic rings. The molecule has 0 saturated heterocycles. The molecule has 0 aliphatic carbocycles. The Balaban J connectivity index is 0.00000225. The van der Waals surface area contributed by atoms with E-state index >= 15 is 0 Å². The van der Waals surface area contributed by atoms with Crippen molar-refractivity contribution >= 4 is 30.0 Å². The van der Waals surface area contributed by atoms with Crippen LogP contribution in [0.15, 0.2) is 24.3 Å². The van der Waals surface area contributed by atoms with E-state index in [1.807, 2.05) is 19.0 Å². The second-order valence-corrected chi connectivity index (χ2v) is 3.83. The van der Waals surface area contributed by atoms with Crippen LogP contribution in [0.5, 0.6) is 0 Å². The Labute approximate surface area is 107 Å². The van der Waals surface area contributed by atoms with Gasteiger partial charge in [-0.1, -0.05) is 23.7 Å². The largest absolute Gasteiger partial charge is 0.461 e. The highest BCUT2D eigenvalue weighted by molar-refractivity contribution is 6.33. The summed E-state index contributed by atoms with van der Waals surface area (Å²) in [5, 5.41) is 0.423. The number of rotatable bonds is 4. The molecule has 0 unspecified atom stereocenters. The summed E-state index contributed by atoms with van der Waals surface area (Å²) >= 11 is 5.85. The van der Waals surface area contributed by atoms with Crippen molar-refractivity contribution in [2.45, 2.75) is 0 Å². The van der Waals surface area contributed by atoms with Crippen LogP contribution in [0.25, 0.3) is 0 Å². The monoisotopic (exact) mass is 263 g/mol. The van der Waals surface area contributed by atoms with Gasteiger partial charge in [0.15, 0.2) is 0 Å². The van der Waals surface area contributed by atoms with Crippen LogP contribution in [0.4, 0.5) is 0 Å². The van der Waals surface area contributed by atoms with Gasteiger partial charge in [0.25, 0.3) is 0 Å². The third kappa shape index (κ3) is 4.84. The van der Waals surface area contributed by atoms with Crippen molar-refractivity contribution < 1.29 is 9.53 Å². The Hall–Kier alpha value is -0.770. The second-order valence-electron chi connectivity index (χ2n) is 3.42. The summed E-state index contributed by atoms with van der Waals surface area (Å²) in [6, 6.07) is 6.86. The Morgan fingerprint density at radius 1 is 1.38 bits per heavy atom. The van der Waals surface area contributed by atoms with E-state index in [9.17, 15) is 4.79 Å². The summed E-state index contributed by atoms with van der Waals surface area (Å²) in [4.78, 5) is 13.5. The number of likely N-dealkylation sites (N-methyl/N-ethyl adjacent to an activating group) is 1. The molecule has 5 heteroatoms. The molecule has 1 rings (SSSR count). The van der Waals surface area contributed by atoms with E-state index in [1.54, 1.807) is 24.3 Å². The summed E-state index contributed by atoms with van der Waals surface area (Å²) in [5.41, 5.74) is 0.415. The number of ether oxygens (including phenoxy) is 1. The minimum atomic E-state index is -0.373. The zero-order chi connectivity index (χ0) is 11.3. The third-order valence-corrected chi connectivity index (χ3v) is 2.20. The predicted molar refractivity (Wildman–Crippen MR) is 67.5 cm³/mol. The van der Waals surface area contributed by atoms with Gasteiger partial charge in [0.2, 0.25) is 0 Å². The normalized spacial score (nSPS) is 9.75. The van der Waals surface area contributed by atoms with Crippen LogP contribution in [-0.4, -0.2) is 38.1 Å². The molecule has 0 atom stereocenters. The lowest BCUT2D eigenvalue weighted by molar-refractivity contribution is 0.0482. The molecule has 0 N–H and O–H groups in total. The average Bonchev–Trinajstić information content (AvgIpc) is 2.17. The Morgan fingerprint density at radius 3 is 2.56 bits per heavy atom. The van der Waals surface area contributed by atoms with Crippen molar-refractivity contribution in [2.75, 3.05) is 27.2 Å². The van der Waals surface area contributed by atoms with Crippen LogP contribution in [0.3, 0.4) is 0 Å². The van der Waals surface area contributed by atoms with E-state index < -0.39 is 0 Å². The van der Waals surface area contributed by atoms with Crippen LogP contribution in [-0.2, 0) is 4.74 Å². The highest BCUT2D eigenvalue weighted by Crippen LogP contribution is 2.15. The lowest BCUT2D eigenvalue weighted by atomic mass is 10.2. The Morgan fingerprint density at radius 2 is 2.00 bits per heavy atom. The number of benzene rings is 1. The third-order valence-electron chi connectivity index (χ3n) is 1.87. The molecular weight excluding hydrogens is 249 g/mol. The second kappa shape index (κ2) is 7.49. The maximum atomic E-state index is 11.5. The first-order valence-electron chi connectivity index (χ1n) is 4.67. The van der Waals surface area contributed by atoms with Gasteiger partial charge >= 0.3 is 5.97 Å². The molecule has 16 heavy (non-hydrogen) atoms. The fourth-order valence-electron chi connectivity index (χ4n) is 1.03. The molecule has 1 aromatic rings. The van der Waals surface area contributed by atoms with Crippen LogP contribution >= 0.6 is 24.0 Å². The number of hydrogen-bond donors (Lipinski definition) is 0. The van der Waals surface area contributed by atoms with E-state index in [2.05, 4.69) is 0 Å². The quantitative estimate of drug-likeness (QED) is 0.782. The maximum absolute atomic E-state index is 11.5. The lowest BCUT2D eigenvalue weighted by Gasteiger charge is -2.10. The number of hydrogen-bond acceptors (Lipinski definition) is 3. The first-order chi connectivity index (χ1) is 7.11. The van der Waals surface area contributed by atoms with Crippen molar-refractivity contribution in [2.24, 2.45) is 0 Å². The number of carbonyl (C=O) groups is 1. The number of esters is 1. The van der Waals surface area contributed by atoms with E-state index in [4.69, 9.17) is 16.3 Å². The lowest BCUT2D eigenvalue weighted by Crippen LogP contribution is -2.20. The van der Waals surface area contributed by atoms with E-state index in [-0.39, 0.29) is 18.4 Å². The first-order valence-corrected chi connectivity index (χ1v) is 5.05. The summed E-state index contributed by atoms with van der Waals surface area (Å²) in [7, 11) is 3.84. The summed E-state index contributed by atoms with van der Waals surface area (Å²) < 4.78 is 5.05. The number of nitrogens with zero attached hydrogens (tertiary/aromatic N) is 1. The Kier molecular flexibility index (Phi) is 7.13. The van der Waals surface area contributed by atoms with Crippen LogP contribution < -0.4 is 0 Å². The van der Waals surface area contributed by atoms with Gasteiger partial charge in [-0.15, -0.1) is 12.4 Å². The summed E-state index contributed by atoms with van der Waals surface area (Å²) in [6.07, 6.45) is 0. The fraction of sp³-hybridized carbons (Fsp3) is 0.364.